The van der Waals surface area contributed by atoms with Crippen LogP contribution in [0, 0.1) is 5.41 Å². The van der Waals surface area contributed by atoms with Gasteiger partial charge in [0.2, 0.25) is 5.91 Å². The van der Waals surface area contributed by atoms with Crippen molar-refractivity contribution in [2.24, 2.45) is 5.41 Å². The number of fused-ring (bicyclic) bond motifs is 1. The predicted octanol–water partition coefficient (Wildman–Crippen LogP) is 2.71. The average molecular weight is 332 g/mol. The summed E-state index contributed by atoms with van der Waals surface area (Å²) in [7, 11) is 1.89. The topological polar surface area (TPSA) is 40.6 Å². The first-order valence-electron chi connectivity index (χ1n) is 8.75. The minimum absolute atomic E-state index is 0.163. The number of carbonyl (C=O) groups is 2. The monoisotopic (exact) mass is 332 g/mol. The van der Waals surface area contributed by atoms with Crippen molar-refractivity contribution in [3.8, 4) is 0 Å². The van der Waals surface area contributed by atoms with Crippen LogP contribution in [0.25, 0.3) is 0 Å². The summed E-state index contributed by atoms with van der Waals surface area (Å²) >= 11 is 1.61. The Labute approximate surface area is 141 Å². The molecule has 5 heteroatoms. The molecule has 3 heterocycles. The van der Waals surface area contributed by atoms with Crippen molar-refractivity contribution >= 4 is 23.2 Å². The molecule has 23 heavy (non-hydrogen) atoms. The summed E-state index contributed by atoms with van der Waals surface area (Å²) in [4.78, 5) is 30.4. The van der Waals surface area contributed by atoms with Gasteiger partial charge in [-0.3, -0.25) is 9.59 Å². The fourth-order valence-corrected chi connectivity index (χ4v) is 5.66. The molecule has 4 nitrogen and oxygen atoms in total. The van der Waals surface area contributed by atoms with Gasteiger partial charge >= 0.3 is 0 Å². The number of carbonyl (C=O) groups excluding carboxylic acids is 2. The summed E-state index contributed by atoms with van der Waals surface area (Å²) in [5, 5.41) is 2.17. The highest BCUT2D eigenvalue weighted by atomic mass is 32.1. The lowest BCUT2D eigenvalue weighted by atomic mass is 9.78. The van der Waals surface area contributed by atoms with Crippen molar-refractivity contribution in [2.75, 3.05) is 26.7 Å². The zero-order valence-corrected chi connectivity index (χ0v) is 14.6. The van der Waals surface area contributed by atoms with Crippen molar-refractivity contribution in [2.45, 2.75) is 44.9 Å². The number of nitrogens with zero attached hydrogens (tertiary/aromatic N) is 2. The molecule has 0 N–H and O–H groups in total. The first-order chi connectivity index (χ1) is 11.1. The highest BCUT2D eigenvalue weighted by Crippen LogP contribution is 2.41. The van der Waals surface area contributed by atoms with E-state index in [0.717, 1.165) is 50.1 Å². The van der Waals surface area contributed by atoms with E-state index in [1.807, 2.05) is 16.8 Å². The van der Waals surface area contributed by atoms with E-state index in [9.17, 15) is 9.59 Å². The maximum absolute atomic E-state index is 13.0. The van der Waals surface area contributed by atoms with Crippen LogP contribution in [0.15, 0.2) is 5.38 Å². The van der Waals surface area contributed by atoms with Gasteiger partial charge in [0.15, 0.2) is 0 Å². The summed E-state index contributed by atoms with van der Waals surface area (Å²) < 4.78 is 0. The average Bonchev–Trinajstić information content (AvgIpc) is 3.17. The Morgan fingerprint density at radius 2 is 2.00 bits per heavy atom. The summed E-state index contributed by atoms with van der Waals surface area (Å²) in [5.74, 6) is 0.406. The molecule has 1 aromatic rings. The number of hydrogen-bond donors (Lipinski definition) is 0. The molecule has 4 rings (SSSR count). The highest BCUT2D eigenvalue weighted by molar-refractivity contribution is 7.12. The predicted molar refractivity (Wildman–Crippen MR) is 90.8 cm³/mol. The number of thiophene rings is 1. The van der Waals surface area contributed by atoms with Crippen molar-refractivity contribution in [3.05, 3.63) is 21.4 Å². The zero-order chi connectivity index (χ0) is 16.0. The second kappa shape index (κ2) is 5.62. The lowest BCUT2D eigenvalue weighted by Crippen LogP contribution is -2.48. The normalized spacial score (nSPS) is 27.6. The maximum atomic E-state index is 13.0. The molecule has 0 bridgehead atoms. The molecular weight excluding hydrogens is 308 g/mol. The van der Waals surface area contributed by atoms with Gasteiger partial charge in [-0.05, 0) is 61.5 Å². The quantitative estimate of drug-likeness (QED) is 0.793. The van der Waals surface area contributed by atoms with E-state index in [4.69, 9.17) is 0 Å². The van der Waals surface area contributed by atoms with Crippen LogP contribution >= 0.6 is 11.3 Å². The van der Waals surface area contributed by atoms with Gasteiger partial charge in [-0.2, -0.15) is 0 Å². The van der Waals surface area contributed by atoms with E-state index in [1.165, 1.54) is 24.0 Å². The van der Waals surface area contributed by atoms with Crippen molar-refractivity contribution in [3.63, 3.8) is 0 Å². The van der Waals surface area contributed by atoms with Gasteiger partial charge in [-0.25, -0.2) is 0 Å². The Balaban J connectivity index is 1.55. The van der Waals surface area contributed by atoms with Crippen LogP contribution in [0.1, 0.15) is 52.9 Å². The smallest absolute Gasteiger partial charge is 0.264 e. The Morgan fingerprint density at radius 1 is 1.17 bits per heavy atom. The Morgan fingerprint density at radius 3 is 2.87 bits per heavy atom. The molecule has 2 amide bonds. The van der Waals surface area contributed by atoms with Gasteiger partial charge in [0.05, 0.1) is 10.3 Å². The Bertz CT molecular complexity index is 653. The molecule has 1 aromatic heterocycles. The van der Waals surface area contributed by atoms with Crippen LogP contribution in [0.4, 0.5) is 0 Å². The fraction of sp³-hybridized carbons (Fsp3) is 0.667. The van der Waals surface area contributed by atoms with Crippen LogP contribution in [0.2, 0.25) is 0 Å². The molecule has 0 radical (unpaired) electrons. The molecule has 2 saturated heterocycles. The molecule has 1 atom stereocenters. The molecule has 1 aliphatic carbocycles. The second-order valence-electron chi connectivity index (χ2n) is 7.36. The molecule has 1 unspecified atom stereocenters. The molecule has 0 aromatic carbocycles. The van der Waals surface area contributed by atoms with Gasteiger partial charge < -0.3 is 9.80 Å². The third kappa shape index (κ3) is 2.40. The number of rotatable bonds is 1. The lowest BCUT2D eigenvalue weighted by Gasteiger charge is -2.37. The molecule has 0 saturated carbocycles. The van der Waals surface area contributed by atoms with Crippen molar-refractivity contribution in [1.29, 1.82) is 0 Å². The van der Waals surface area contributed by atoms with Gasteiger partial charge in [0.25, 0.3) is 5.91 Å². The summed E-state index contributed by atoms with van der Waals surface area (Å²) in [6, 6.07) is 0. The Hall–Kier alpha value is -1.36. The number of likely N-dealkylation sites (tertiary alicyclic amines) is 2. The summed E-state index contributed by atoms with van der Waals surface area (Å²) in [6.07, 6.45) is 7.41. The molecule has 2 aliphatic heterocycles. The molecule has 3 aliphatic rings. The van der Waals surface area contributed by atoms with E-state index in [0.29, 0.717) is 6.54 Å². The van der Waals surface area contributed by atoms with Crippen molar-refractivity contribution < 1.29 is 9.59 Å². The number of amides is 2. The van der Waals surface area contributed by atoms with Crippen LogP contribution in [-0.2, 0) is 17.6 Å². The first-order valence-corrected chi connectivity index (χ1v) is 9.63. The van der Waals surface area contributed by atoms with Crippen LogP contribution in [-0.4, -0.2) is 48.3 Å². The van der Waals surface area contributed by atoms with E-state index in [1.54, 1.807) is 11.3 Å². The largest absolute Gasteiger partial charge is 0.345 e. The molecule has 1 spiro atoms. The lowest BCUT2D eigenvalue weighted by molar-refractivity contribution is -0.143. The SMILES string of the molecule is CN1CCCC2(CCN(C(=O)c3scc4c3CCCC4)C2)C1=O. The molecule has 124 valence electrons. The number of aryl methyl sites for hydroxylation is 1. The third-order valence-electron chi connectivity index (χ3n) is 5.89. The molecular formula is C18H24N2O2S. The number of hydrogen-bond acceptors (Lipinski definition) is 3. The number of piperidine rings is 1. The fourth-order valence-electron chi connectivity index (χ4n) is 4.53. The van der Waals surface area contributed by atoms with Crippen LogP contribution in [0.5, 0.6) is 0 Å². The van der Waals surface area contributed by atoms with Gasteiger partial charge in [-0.15, -0.1) is 11.3 Å². The van der Waals surface area contributed by atoms with E-state index in [-0.39, 0.29) is 17.2 Å². The molecule has 2 fully saturated rings. The van der Waals surface area contributed by atoms with Crippen LogP contribution < -0.4 is 0 Å². The zero-order valence-electron chi connectivity index (χ0n) is 13.8. The minimum Gasteiger partial charge on any atom is -0.345 e. The van der Waals surface area contributed by atoms with E-state index < -0.39 is 0 Å². The van der Waals surface area contributed by atoms with Crippen LogP contribution in [0.3, 0.4) is 0 Å². The minimum atomic E-state index is -0.306. The summed E-state index contributed by atoms with van der Waals surface area (Å²) in [6.45, 7) is 2.19. The van der Waals surface area contributed by atoms with Gasteiger partial charge in [0.1, 0.15) is 0 Å². The first kappa shape index (κ1) is 15.2. The summed E-state index contributed by atoms with van der Waals surface area (Å²) in [5.41, 5.74) is 2.37. The third-order valence-corrected chi connectivity index (χ3v) is 6.95. The van der Waals surface area contributed by atoms with Gasteiger partial charge in [0, 0.05) is 26.7 Å². The standard InChI is InChI=1S/C18H24N2O2S/c1-19-9-4-7-18(17(19)22)8-10-20(12-18)16(21)15-14-6-3-2-5-13(14)11-23-15/h11H,2-10,12H2,1H3. The van der Waals surface area contributed by atoms with Gasteiger partial charge in [-0.1, -0.05) is 0 Å². The second-order valence-corrected chi connectivity index (χ2v) is 8.24. The highest BCUT2D eigenvalue weighted by Gasteiger charge is 2.48. The van der Waals surface area contributed by atoms with E-state index >= 15 is 0 Å². The maximum Gasteiger partial charge on any atom is 0.264 e. The van der Waals surface area contributed by atoms with E-state index in [2.05, 4.69) is 5.38 Å². The van der Waals surface area contributed by atoms with Crippen molar-refractivity contribution in [1.82, 2.24) is 9.80 Å². The Kier molecular flexibility index (Phi) is 3.71.